The summed E-state index contributed by atoms with van der Waals surface area (Å²) in [6.45, 7) is 5.97. The molecule has 2 N–H and O–H groups in total. The number of anilines is 1. The number of aliphatic imine (C=N–C) groups is 1. The molecule has 1 aliphatic rings. The monoisotopic (exact) mass is 367 g/mol. The van der Waals surface area contributed by atoms with E-state index in [1.54, 1.807) is 0 Å². The second kappa shape index (κ2) is 7.74. The van der Waals surface area contributed by atoms with Crippen LogP contribution in [0.1, 0.15) is 23.1 Å². The van der Waals surface area contributed by atoms with E-state index in [1.807, 2.05) is 63.2 Å². The van der Waals surface area contributed by atoms with Crippen molar-refractivity contribution in [2.75, 3.05) is 5.32 Å². The summed E-state index contributed by atoms with van der Waals surface area (Å²) in [5, 5.41) is 5.67. The molecular formula is C20H21N3O2S. The molecule has 0 aliphatic carbocycles. The zero-order chi connectivity index (χ0) is 18.7. The predicted octanol–water partition coefficient (Wildman–Crippen LogP) is 3.86. The number of hydrogen-bond acceptors (Lipinski definition) is 4. The molecular weight excluding hydrogens is 346 g/mol. The fraction of sp³-hybridized carbons (Fsp3) is 0.250. The van der Waals surface area contributed by atoms with E-state index in [4.69, 9.17) is 0 Å². The summed E-state index contributed by atoms with van der Waals surface area (Å²) in [7, 11) is 0. The van der Waals surface area contributed by atoms with Gasteiger partial charge < -0.3 is 10.6 Å². The van der Waals surface area contributed by atoms with Gasteiger partial charge in [-0.2, -0.15) is 0 Å². The number of rotatable bonds is 4. The lowest BCUT2D eigenvalue weighted by Gasteiger charge is -2.07. The molecule has 1 saturated heterocycles. The number of thioether (sulfide) groups is 1. The van der Waals surface area contributed by atoms with Gasteiger partial charge in [-0.05, 0) is 50.1 Å². The van der Waals surface area contributed by atoms with Gasteiger partial charge >= 0.3 is 0 Å². The zero-order valence-electron chi connectivity index (χ0n) is 15.0. The third-order valence-corrected chi connectivity index (χ3v) is 5.15. The predicted molar refractivity (Wildman–Crippen MR) is 107 cm³/mol. The molecule has 26 heavy (non-hydrogen) atoms. The average Bonchev–Trinajstić information content (AvgIpc) is 2.92. The van der Waals surface area contributed by atoms with Gasteiger partial charge in [0, 0.05) is 12.1 Å². The number of amides is 2. The van der Waals surface area contributed by atoms with Crippen molar-refractivity contribution in [3.8, 4) is 0 Å². The second-order valence-electron chi connectivity index (χ2n) is 6.42. The molecule has 1 atom stereocenters. The Balaban J connectivity index is 1.64. The summed E-state index contributed by atoms with van der Waals surface area (Å²) in [5.74, 6) is -0.368. The first-order valence-electron chi connectivity index (χ1n) is 8.41. The van der Waals surface area contributed by atoms with Gasteiger partial charge in [0.15, 0.2) is 5.17 Å². The number of carbonyl (C=O) groups excluding carboxylic acids is 2. The summed E-state index contributed by atoms with van der Waals surface area (Å²) in [4.78, 5) is 28.9. The van der Waals surface area contributed by atoms with Crippen molar-refractivity contribution in [2.24, 2.45) is 4.99 Å². The highest BCUT2D eigenvalue weighted by molar-refractivity contribution is 8.15. The van der Waals surface area contributed by atoms with Crippen LogP contribution in [0.15, 0.2) is 47.5 Å². The minimum atomic E-state index is -0.468. The summed E-state index contributed by atoms with van der Waals surface area (Å²) in [5.41, 5.74) is 4.84. The maximum absolute atomic E-state index is 12.2. The quantitative estimate of drug-likeness (QED) is 0.862. The molecule has 0 unspecified atom stereocenters. The maximum Gasteiger partial charge on any atom is 0.240 e. The summed E-state index contributed by atoms with van der Waals surface area (Å²) < 4.78 is 0. The number of carbonyl (C=O) groups is 2. The van der Waals surface area contributed by atoms with Crippen LogP contribution in [-0.4, -0.2) is 22.2 Å². The van der Waals surface area contributed by atoms with Crippen LogP contribution in [-0.2, 0) is 9.59 Å². The molecule has 2 aromatic rings. The van der Waals surface area contributed by atoms with Gasteiger partial charge in [0.1, 0.15) is 5.25 Å². The number of nitrogens with one attached hydrogen (secondary N) is 2. The molecule has 0 bridgehead atoms. The van der Waals surface area contributed by atoms with Crippen LogP contribution < -0.4 is 10.6 Å². The second-order valence-corrected chi connectivity index (χ2v) is 7.61. The van der Waals surface area contributed by atoms with E-state index in [0.29, 0.717) is 5.17 Å². The van der Waals surface area contributed by atoms with Crippen molar-refractivity contribution in [3.63, 3.8) is 0 Å². The third kappa shape index (κ3) is 4.52. The van der Waals surface area contributed by atoms with E-state index in [1.165, 1.54) is 11.8 Å². The summed E-state index contributed by atoms with van der Waals surface area (Å²) in [6.07, 6.45) is 0.107. The highest BCUT2D eigenvalue weighted by atomic mass is 32.2. The Hall–Kier alpha value is -2.60. The number of nitrogens with zero attached hydrogens (tertiary/aromatic N) is 1. The van der Waals surface area contributed by atoms with E-state index < -0.39 is 5.25 Å². The Morgan fingerprint density at radius 1 is 1.12 bits per heavy atom. The van der Waals surface area contributed by atoms with Crippen LogP contribution in [0.2, 0.25) is 0 Å². The van der Waals surface area contributed by atoms with Gasteiger partial charge in [-0.1, -0.05) is 41.6 Å². The van der Waals surface area contributed by atoms with Crippen molar-refractivity contribution < 1.29 is 9.59 Å². The SMILES string of the molecule is Cc1ccc(NC(=O)C[C@H]2SC(=Nc3cc(C)ccc3C)NC2=O)cc1. The Kier molecular flexibility index (Phi) is 5.42. The minimum Gasteiger partial charge on any atom is -0.326 e. The lowest BCUT2D eigenvalue weighted by molar-refractivity contribution is -0.122. The van der Waals surface area contributed by atoms with Gasteiger partial charge in [-0.3, -0.25) is 9.59 Å². The van der Waals surface area contributed by atoms with Crippen LogP contribution >= 0.6 is 11.8 Å². The molecule has 1 fully saturated rings. The first kappa shape index (κ1) is 18.2. The summed E-state index contributed by atoms with van der Waals surface area (Å²) >= 11 is 1.30. The van der Waals surface area contributed by atoms with E-state index >= 15 is 0 Å². The smallest absolute Gasteiger partial charge is 0.240 e. The lowest BCUT2D eigenvalue weighted by atomic mass is 10.1. The fourth-order valence-corrected chi connectivity index (χ4v) is 3.54. The molecule has 2 amide bonds. The largest absolute Gasteiger partial charge is 0.326 e. The van der Waals surface area contributed by atoms with Crippen molar-refractivity contribution in [2.45, 2.75) is 32.4 Å². The number of amidine groups is 1. The fourth-order valence-electron chi connectivity index (χ4n) is 2.56. The molecule has 3 rings (SSSR count). The zero-order valence-corrected chi connectivity index (χ0v) is 15.8. The van der Waals surface area contributed by atoms with Crippen molar-refractivity contribution >= 4 is 40.1 Å². The normalized spacial score (nSPS) is 18.0. The molecule has 0 radical (unpaired) electrons. The maximum atomic E-state index is 12.2. The first-order chi connectivity index (χ1) is 12.4. The van der Waals surface area contributed by atoms with Crippen LogP contribution in [0.3, 0.4) is 0 Å². The van der Waals surface area contributed by atoms with E-state index in [2.05, 4.69) is 15.6 Å². The van der Waals surface area contributed by atoms with Crippen molar-refractivity contribution in [1.29, 1.82) is 0 Å². The van der Waals surface area contributed by atoms with Crippen LogP contribution in [0, 0.1) is 20.8 Å². The molecule has 0 spiro atoms. The highest BCUT2D eigenvalue weighted by Crippen LogP contribution is 2.27. The summed E-state index contributed by atoms with van der Waals surface area (Å²) in [6, 6.07) is 13.6. The topological polar surface area (TPSA) is 70.6 Å². The molecule has 134 valence electrons. The van der Waals surface area contributed by atoms with Gasteiger partial charge in [-0.25, -0.2) is 4.99 Å². The van der Waals surface area contributed by atoms with Crippen molar-refractivity contribution in [1.82, 2.24) is 5.32 Å². The molecule has 1 heterocycles. The Morgan fingerprint density at radius 2 is 1.81 bits per heavy atom. The van der Waals surface area contributed by atoms with Crippen LogP contribution in [0.5, 0.6) is 0 Å². The molecule has 2 aromatic carbocycles. The van der Waals surface area contributed by atoms with E-state index in [9.17, 15) is 9.59 Å². The van der Waals surface area contributed by atoms with Crippen LogP contribution in [0.25, 0.3) is 0 Å². The first-order valence-corrected chi connectivity index (χ1v) is 9.28. The van der Waals surface area contributed by atoms with E-state index in [0.717, 1.165) is 28.1 Å². The number of aryl methyl sites for hydroxylation is 3. The van der Waals surface area contributed by atoms with Gasteiger partial charge in [0.25, 0.3) is 0 Å². The lowest BCUT2D eigenvalue weighted by Crippen LogP contribution is -2.28. The van der Waals surface area contributed by atoms with Crippen molar-refractivity contribution in [3.05, 3.63) is 59.2 Å². The highest BCUT2D eigenvalue weighted by Gasteiger charge is 2.32. The average molecular weight is 367 g/mol. The number of benzene rings is 2. The minimum absolute atomic E-state index is 0.107. The van der Waals surface area contributed by atoms with Crippen LogP contribution in [0.4, 0.5) is 11.4 Å². The van der Waals surface area contributed by atoms with Gasteiger partial charge in [0.2, 0.25) is 11.8 Å². The standard InChI is InChI=1S/C20H21N3O2S/c1-12-5-8-15(9-6-12)21-18(24)11-17-19(25)23-20(26-17)22-16-10-13(2)4-7-14(16)3/h4-10,17H,11H2,1-3H3,(H,21,24)(H,22,23,25)/t17-/m1/s1. The Bertz CT molecular complexity index is 875. The molecule has 1 aliphatic heterocycles. The third-order valence-electron chi connectivity index (χ3n) is 4.07. The molecule has 0 aromatic heterocycles. The van der Waals surface area contributed by atoms with Gasteiger partial charge in [-0.15, -0.1) is 0 Å². The molecule has 0 saturated carbocycles. The van der Waals surface area contributed by atoms with E-state index in [-0.39, 0.29) is 18.2 Å². The Labute approximate surface area is 157 Å². The molecule has 5 nitrogen and oxygen atoms in total. The number of hydrogen-bond donors (Lipinski definition) is 2. The Morgan fingerprint density at radius 3 is 2.54 bits per heavy atom. The van der Waals surface area contributed by atoms with Gasteiger partial charge in [0.05, 0.1) is 5.69 Å². The molecule has 6 heteroatoms.